The Labute approximate surface area is 516 Å². The van der Waals surface area contributed by atoms with E-state index in [1.807, 2.05) is 45.3 Å². The summed E-state index contributed by atoms with van der Waals surface area (Å²) in [6, 6.07) is 22.4. The molecule has 0 saturated heterocycles. The summed E-state index contributed by atoms with van der Waals surface area (Å²) in [5, 5.41) is 1.92. The van der Waals surface area contributed by atoms with E-state index in [2.05, 4.69) is 112 Å². The first-order valence-electron chi connectivity index (χ1n) is 34.1. The van der Waals surface area contributed by atoms with Gasteiger partial charge in [0, 0.05) is 74.5 Å². The molecule has 6 heterocycles. The molecule has 1 aromatic carbocycles. The van der Waals surface area contributed by atoms with Crippen LogP contribution in [0.3, 0.4) is 0 Å². The second kappa shape index (κ2) is 37.3. The van der Waals surface area contributed by atoms with E-state index in [1.165, 1.54) is 265 Å². The van der Waals surface area contributed by atoms with Crippen LogP contribution >= 0.6 is 45.3 Å². The summed E-state index contributed by atoms with van der Waals surface area (Å²) in [6.45, 7) is 15.0. The summed E-state index contributed by atoms with van der Waals surface area (Å²) < 4.78 is 0. The van der Waals surface area contributed by atoms with Crippen molar-refractivity contribution in [1.29, 1.82) is 0 Å². The minimum Gasteiger partial charge on any atom is -0.312 e. The van der Waals surface area contributed by atoms with Crippen molar-refractivity contribution in [3.8, 4) is 29.3 Å². The molecule has 5 aromatic rings. The van der Waals surface area contributed by atoms with E-state index in [0.717, 1.165) is 63.8 Å². The topological polar surface area (TPSA) is 40.6 Å². The van der Waals surface area contributed by atoms with Crippen LogP contribution in [0.1, 0.15) is 309 Å². The number of unbranched alkanes of at least 4 members (excludes halogenated alkanes) is 28. The van der Waals surface area contributed by atoms with Crippen LogP contribution in [0.15, 0.2) is 60.7 Å². The molecule has 2 aliphatic heterocycles. The summed E-state index contributed by atoms with van der Waals surface area (Å²) in [6.07, 6.45) is 50.2. The number of nitrogens with zero attached hydrogens (tertiary/aromatic N) is 2. The van der Waals surface area contributed by atoms with Crippen molar-refractivity contribution in [3.63, 3.8) is 0 Å². The van der Waals surface area contributed by atoms with Crippen LogP contribution in [-0.4, -0.2) is 34.7 Å². The fourth-order valence-corrected chi connectivity index (χ4v) is 17.4. The van der Waals surface area contributed by atoms with Crippen molar-refractivity contribution < 1.29 is 9.59 Å². The van der Waals surface area contributed by atoms with Crippen LogP contribution in [0.5, 0.6) is 0 Å². The summed E-state index contributed by atoms with van der Waals surface area (Å²) in [5.41, 5.74) is 3.60. The van der Waals surface area contributed by atoms with Crippen molar-refractivity contribution in [3.05, 3.63) is 92.0 Å². The highest BCUT2D eigenvalue weighted by molar-refractivity contribution is 7.28. The lowest BCUT2D eigenvalue weighted by Crippen LogP contribution is -2.28. The molecule has 0 fully saturated rings. The molecular formula is C74H110N2O2S4. The summed E-state index contributed by atoms with van der Waals surface area (Å²) in [5.74, 6) is 1.49. The van der Waals surface area contributed by atoms with E-state index in [1.54, 1.807) is 0 Å². The van der Waals surface area contributed by atoms with Gasteiger partial charge in [-0.05, 0) is 99.2 Å². The summed E-state index contributed by atoms with van der Waals surface area (Å²) in [7, 11) is 0. The summed E-state index contributed by atoms with van der Waals surface area (Å²) in [4.78, 5) is 44.6. The molecular weight excluding hydrogens is 1080 g/mol. The molecule has 4 aromatic heterocycles. The minimum atomic E-state index is 0.114. The van der Waals surface area contributed by atoms with Gasteiger partial charge in [0.1, 0.15) is 0 Å². The Hall–Kier alpha value is -3.30. The van der Waals surface area contributed by atoms with Crippen LogP contribution in [0.2, 0.25) is 0 Å². The maximum absolute atomic E-state index is 15.3. The fraction of sp³-hybridized carbons (Fsp3) is 0.649. The van der Waals surface area contributed by atoms with E-state index >= 15 is 4.79 Å². The Bertz CT molecular complexity index is 2710. The molecule has 8 heteroatoms. The third-order valence-corrected chi connectivity index (χ3v) is 23.2. The molecule has 0 saturated carbocycles. The van der Waals surface area contributed by atoms with Crippen molar-refractivity contribution in [1.82, 2.24) is 9.80 Å². The molecule has 0 aliphatic carbocycles. The van der Waals surface area contributed by atoms with E-state index in [4.69, 9.17) is 0 Å². The zero-order valence-corrected chi connectivity index (χ0v) is 55.8. The highest BCUT2D eigenvalue weighted by Crippen LogP contribution is 2.44. The van der Waals surface area contributed by atoms with Crippen LogP contribution in [0.4, 0.5) is 0 Å². The molecule has 0 unspecified atom stereocenters. The smallest absolute Gasteiger partial charge is 0.259 e. The number of fused-ring (bicyclic) bond motifs is 2. The molecule has 2 amide bonds. The Morgan fingerprint density at radius 2 is 0.622 bits per heavy atom. The second-order valence-electron chi connectivity index (χ2n) is 25.1. The Morgan fingerprint density at radius 3 is 1.00 bits per heavy atom. The van der Waals surface area contributed by atoms with Crippen LogP contribution < -0.4 is 10.4 Å². The van der Waals surface area contributed by atoms with Gasteiger partial charge in [0.2, 0.25) is 0 Å². The standard InChI is InChI=1S/C74H110N2O2S4/c1-7-11-15-19-23-27-31-35-39-59(40-36-32-28-24-20-16-12-8-2)51-53-75-58(6)61-55-64-62(56-63(61)73(75)77)72(71-50-49-70(82-71)69-48-47-68(81-69)67-46-45-66(80-67)65-44-43-57(5)79-65)76(74(64)78)54-52-60(41-37-33-29-25-21-17-13-9-3)42-38-34-30-26-22-18-14-10-4/h43-50,55-56,59-60H,7-42,51-54H2,1-6H3. The molecule has 0 atom stereocenters. The lowest BCUT2D eigenvalue weighted by atomic mass is 9.91. The van der Waals surface area contributed by atoms with Crippen LogP contribution in [0, 0.1) is 18.8 Å². The monoisotopic (exact) mass is 1190 g/mol. The lowest BCUT2D eigenvalue weighted by molar-refractivity contribution is 0.0828. The largest absolute Gasteiger partial charge is 0.312 e. The molecule has 0 spiro atoms. The van der Waals surface area contributed by atoms with Crippen LogP contribution in [0.25, 0.3) is 40.7 Å². The van der Waals surface area contributed by atoms with Crippen LogP contribution in [-0.2, 0) is 0 Å². The number of hydrogen-bond donors (Lipinski definition) is 0. The molecule has 452 valence electrons. The molecule has 4 nitrogen and oxygen atoms in total. The first kappa shape index (κ1) is 66.2. The SMILES string of the molecule is CCCCCCCCCCC(CCCCCCCCCC)CCN1C(=O)c2cc3c(cc2=C1C)C(=O)N(CCC(CCCCCCCCCC)CCCCCCCCCC)C=3c1ccc(-c2ccc(-c3ccc(-c4ccc(C)s4)s3)s2)s1. The fourth-order valence-electron chi connectivity index (χ4n) is 13.2. The Morgan fingerprint density at radius 1 is 0.329 bits per heavy atom. The van der Waals surface area contributed by atoms with E-state index < -0.39 is 0 Å². The Balaban J connectivity index is 1.11. The number of amides is 2. The van der Waals surface area contributed by atoms with Crippen molar-refractivity contribution in [2.24, 2.45) is 11.8 Å². The van der Waals surface area contributed by atoms with Crippen molar-refractivity contribution in [2.45, 2.75) is 286 Å². The third-order valence-electron chi connectivity index (χ3n) is 18.3. The van der Waals surface area contributed by atoms with Crippen molar-refractivity contribution in [2.75, 3.05) is 13.1 Å². The molecule has 0 N–H and O–H groups in total. The van der Waals surface area contributed by atoms with Gasteiger partial charge < -0.3 is 9.80 Å². The number of aryl methyl sites for hydroxylation is 1. The molecule has 7 rings (SSSR count). The van der Waals surface area contributed by atoms with Gasteiger partial charge in [0.25, 0.3) is 11.8 Å². The molecule has 0 bridgehead atoms. The third kappa shape index (κ3) is 20.4. The van der Waals surface area contributed by atoms with Gasteiger partial charge in [-0.2, -0.15) is 0 Å². The lowest BCUT2D eigenvalue weighted by Gasteiger charge is -2.24. The Kier molecular flexibility index (Phi) is 30.1. The number of rotatable bonds is 46. The second-order valence-corrected chi connectivity index (χ2v) is 29.6. The highest BCUT2D eigenvalue weighted by atomic mass is 32.1. The number of benzene rings is 1. The maximum atomic E-state index is 15.3. The highest BCUT2D eigenvalue weighted by Gasteiger charge is 2.35. The van der Waals surface area contributed by atoms with Gasteiger partial charge in [-0.1, -0.05) is 259 Å². The first-order chi connectivity index (χ1) is 40.2. The molecule has 82 heavy (non-hydrogen) atoms. The van der Waals surface area contributed by atoms with Gasteiger partial charge in [-0.3, -0.25) is 9.59 Å². The normalized spacial score (nSPS) is 13.4. The van der Waals surface area contributed by atoms with E-state index in [-0.39, 0.29) is 11.8 Å². The predicted molar refractivity (Wildman–Crippen MR) is 363 cm³/mol. The zero-order valence-electron chi connectivity index (χ0n) is 52.6. The average molecular weight is 1190 g/mol. The minimum absolute atomic E-state index is 0.114. The van der Waals surface area contributed by atoms with Gasteiger partial charge in [0.05, 0.1) is 10.6 Å². The number of carbonyl (C=O) groups is 2. The zero-order chi connectivity index (χ0) is 57.7. The summed E-state index contributed by atoms with van der Waals surface area (Å²) >= 11 is 7.42. The maximum Gasteiger partial charge on any atom is 0.259 e. The number of thiophene rings is 4. The molecule has 2 aliphatic rings. The number of hydrogen-bond acceptors (Lipinski definition) is 6. The predicted octanol–water partition coefficient (Wildman–Crippen LogP) is 23.6. The first-order valence-corrected chi connectivity index (χ1v) is 37.4. The van der Waals surface area contributed by atoms with Gasteiger partial charge in [-0.15, -0.1) is 45.3 Å². The van der Waals surface area contributed by atoms with Crippen molar-refractivity contribution >= 4 is 68.6 Å². The average Bonchev–Trinajstić information content (AvgIpc) is 4.55. The molecule has 0 radical (unpaired) electrons. The van der Waals surface area contributed by atoms with Gasteiger partial charge in [0.15, 0.2) is 0 Å². The van der Waals surface area contributed by atoms with Gasteiger partial charge in [-0.25, -0.2) is 0 Å². The quantitative estimate of drug-likeness (QED) is 0.0364. The van der Waals surface area contributed by atoms with Gasteiger partial charge >= 0.3 is 0 Å². The van der Waals surface area contributed by atoms with E-state index in [0.29, 0.717) is 11.8 Å². The van der Waals surface area contributed by atoms with E-state index in [9.17, 15) is 4.79 Å². The number of carbonyl (C=O) groups excluding carboxylic acids is 2.